The Hall–Kier alpha value is -2.26. The standard InChI is InChI=1S/C13H12ClN3O3/c14-11-5-9(2-1-8(11)6-15)16-13(20)17(7-12(18)19)10-3-4-10/h1-2,5,10H,3-4,7H2,(H,16,20)(H,18,19). The largest absolute Gasteiger partial charge is 0.480 e. The number of halogens is 1. The van der Waals surface area contributed by atoms with E-state index in [0.717, 1.165) is 12.8 Å². The Balaban J connectivity index is 2.08. The molecule has 1 aromatic carbocycles. The molecule has 1 aliphatic rings. The van der Waals surface area contributed by atoms with E-state index in [1.54, 1.807) is 6.07 Å². The number of urea groups is 1. The number of anilines is 1. The fourth-order valence-electron chi connectivity index (χ4n) is 1.78. The minimum absolute atomic E-state index is 0.0139. The summed E-state index contributed by atoms with van der Waals surface area (Å²) in [6, 6.07) is 5.94. The van der Waals surface area contributed by atoms with Crippen LogP contribution in [0.25, 0.3) is 0 Å². The number of carboxylic acids is 1. The van der Waals surface area contributed by atoms with E-state index in [1.165, 1.54) is 17.0 Å². The number of nitrogens with one attached hydrogen (secondary N) is 1. The monoisotopic (exact) mass is 293 g/mol. The number of nitriles is 1. The number of carbonyl (C=O) groups is 2. The van der Waals surface area contributed by atoms with E-state index in [9.17, 15) is 9.59 Å². The van der Waals surface area contributed by atoms with Gasteiger partial charge in [0.2, 0.25) is 0 Å². The molecule has 1 fully saturated rings. The second-order valence-corrected chi connectivity index (χ2v) is 4.90. The van der Waals surface area contributed by atoms with Gasteiger partial charge in [0.1, 0.15) is 12.6 Å². The third-order valence-electron chi connectivity index (χ3n) is 2.89. The summed E-state index contributed by atoms with van der Waals surface area (Å²) >= 11 is 5.87. The van der Waals surface area contributed by atoms with Crippen LogP contribution in [0.4, 0.5) is 10.5 Å². The fourth-order valence-corrected chi connectivity index (χ4v) is 2.00. The summed E-state index contributed by atoms with van der Waals surface area (Å²) in [5.74, 6) is -1.05. The van der Waals surface area contributed by atoms with Crippen LogP contribution in [0.15, 0.2) is 18.2 Å². The van der Waals surface area contributed by atoms with Gasteiger partial charge in [0.25, 0.3) is 0 Å². The van der Waals surface area contributed by atoms with Crippen LogP contribution in [0.2, 0.25) is 5.02 Å². The lowest BCUT2D eigenvalue weighted by Gasteiger charge is -2.20. The Morgan fingerprint density at radius 1 is 1.50 bits per heavy atom. The average molecular weight is 294 g/mol. The highest BCUT2D eigenvalue weighted by Gasteiger charge is 2.33. The van der Waals surface area contributed by atoms with Gasteiger partial charge in [-0.15, -0.1) is 0 Å². The molecule has 0 spiro atoms. The van der Waals surface area contributed by atoms with E-state index in [-0.39, 0.29) is 17.6 Å². The van der Waals surface area contributed by atoms with E-state index in [1.807, 2.05) is 6.07 Å². The van der Waals surface area contributed by atoms with Crippen molar-refractivity contribution >= 4 is 29.3 Å². The van der Waals surface area contributed by atoms with Crippen LogP contribution >= 0.6 is 11.6 Å². The van der Waals surface area contributed by atoms with Crippen molar-refractivity contribution in [3.63, 3.8) is 0 Å². The van der Waals surface area contributed by atoms with E-state index in [4.69, 9.17) is 22.0 Å². The van der Waals surface area contributed by atoms with Gasteiger partial charge in [-0.2, -0.15) is 5.26 Å². The zero-order valence-electron chi connectivity index (χ0n) is 10.5. The summed E-state index contributed by atoms with van der Waals surface area (Å²) in [6.45, 7) is -0.333. The Bertz CT molecular complexity index is 593. The number of benzene rings is 1. The second kappa shape index (κ2) is 5.80. The molecule has 0 radical (unpaired) electrons. The third kappa shape index (κ3) is 3.39. The lowest BCUT2D eigenvalue weighted by Crippen LogP contribution is -2.40. The number of hydrogen-bond acceptors (Lipinski definition) is 3. The van der Waals surface area contributed by atoms with Crippen molar-refractivity contribution < 1.29 is 14.7 Å². The lowest BCUT2D eigenvalue weighted by molar-refractivity contribution is -0.137. The highest BCUT2D eigenvalue weighted by molar-refractivity contribution is 6.32. The van der Waals surface area contributed by atoms with Crippen LogP contribution in [-0.4, -0.2) is 34.6 Å². The first-order valence-corrected chi connectivity index (χ1v) is 6.38. The Labute approximate surface area is 120 Å². The van der Waals surface area contributed by atoms with E-state index >= 15 is 0 Å². The van der Waals surface area contributed by atoms with Crippen LogP contribution in [0, 0.1) is 11.3 Å². The van der Waals surface area contributed by atoms with Crippen molar-refractivity contribution in [3.8, 4) is 6.07 Å². The van der Waals surface area contributed by atoms with Crippen molar-refractivity contribution in [2.75, 3.05) is 11.9 Å². The highest BCUT2D eigenvalue weighted by Crippen LogP contribution is 2.27. The molecular weight excluding hydrogens is 282 g/mol. The molecule has 0 bridgehead atoms. The first-order chi connectivity index (χ1) is 9.51. The molecule has 20 heavy (non-hydrogen) atoms. The number of hydrogen-bond donors (Lipinski definition) is 2. The van der Waals surface area contributed by atoms with Gasteiger partial charge in [-0.3, -0.25) is 4.79 Å². The number of carbonyl (C=O) groups excluding carboxylic acids is 1. The molecule has 2 rings (SSSR count). The molecule has 1 aromatic rings. The third-order valence-corrected chi connectivity index (χ3v) is 3.21. The van der Waals surface area contributed by atoms with E-state index in [0.29, 0.717) is 11.3 Å². The smallest absolute Gasteiger partial charge is 0.323 e. The average Bonchev–Trinajstić information content (AvgIpc) is 3.20. The molecule has 1 saturated carbocycles. The predicted octanol–water partition coefficient (Wildman–Crippen LogP) is 2.29. The number of aliphatic carboxylic acids is 1. The highest BCUT2D eigenvalue weighted by atomic mass is 35.5. The fraction of sp³-hybridized carbons (Fsp3) is 0.308. The van der Waals surface area contributed by atoms with Gasteiger partial charge in [0, 0.05) is 11.7 Å². The topological polar surface area (TPSA) is 93.4 Å². The van der Waals surface area contributed by atoms with Crippen LogP contribution in [0.3, 0.4) is 0 Å². The van der Waals surface area contributed by atoms with Crippen LogP contribution < -0.4 is 5.32 Å². The molecule has 2 amide bonds. The van der Waals surface area contributed by atoms with Crippen molar-refractivity contribution in [3.05, 3.63) is 28.8 Å². The number of rotatable bonds is 4. The molecule has 7 heteroatoms. The maximum Gasteiger partial charge on any atom is 0.323 e. The minimum Gasteiger partial charge on any atom is -0.480 e. The van der Waals surface area contributed by atoms with Gasteiger partial charge in [-0.1, -0.05) is 11.6 Å². The van der Waals surface area contributed by atoms with Crippen molar-refractivity contribution in [2.45, 2.75) is 18.9 Å². The molecule has 0 unspecified atom stereocenters. The van der Waals surface area contributed by atoms with Crippen LogP contribution in [0.1, 0.15) is 18.4 Å². The van der Waals surface area contributed by atoms with Crippen molar-refractivity contribution in [2.24, 2.45) is 0 Å². The predicted molar refractivity (Wildman–Crippen MR) is 72.5 cm³/mol. The Kier molecular flexibility index (Phi) is 4.11. The summed E-state index contributed by atoms with van der Waals surface area (Å²) in [6.07, 6.45) is 1.63. The van der Waals surface area contributed by atoms with Crippen LogP contribution in [0.5, 0.6) is 0 Å². The number of nitrogens with zero attached hydrogens (tertiary/aromatic N) is 2. The van der Waals surface area contributed by atoms with Gasteiger partial charge >= 0.3 is 12.0 Å². The summed E-state index contributed by atoms with van der Waals surface area (Å²) in [5, 5.41) is 20.4. The molecule has 0 aromatic heterocycles. The Morgan fingerprint density at radius 2 is 2.20 bits per heavy atom. The van der Waals surface area contributed by atoms with Crippen molar-refractivity contribution in [1.29, 1.82) is 5.26 Å². The maximum absolute atomic E-state index is 12.0. The van der Waals surface area contributed by atoms with Gasteiger partial charge in [0.05, 0.1) is 10.6 Å². The second-order valence-electron chi connectivity index (χ2n) is 4.49. The van der Waals surface area contributed by atoms with Gasteiger partial charge in [-0.05, 0) is 31.0 Å². The number of carboxylic acid groups (broad SMARTS) is 1. The molecular formula is C13H12ClN3O3. The summed E-state index contributed by atoms with van der Waals surface area (Å²) in [7, 11) is 0. The molecule has 1 aliphatic carbocycles. The Morgan fingerprint density at radius 3 is 2.70 bits per heavy atom. The minimum atomic E-state index is -1.05. The van der Waals surface area contributed by atoms with Gasteiger partial charge in [-0.25, -0.2) is 4.79 Å². The first kappa shape index (κ1) is 14.2. The SMILES string of the molecule is N#Cc1ccc(NC(=O)N(CC(=O)O)C2CC2)cc1Cl. The van der Waals surface area contributed by atoms with Gasteiger partial charge in [0.15, 0.2) is 0 Å². The molecule has 6 nitrogen and oxygen atoms in total. The zero-order valence-corrected chi connectivity index (χ0v) is 11.2. The van der Waals surface area contributed by atoms with Crippen LogP contribution in [-0.2, 0) is 4.79 Å². The number of amides is 2. The summed E-state index contributed by atoms with van der Waals surface area (Å²) < 4.78 is 0. The quantitative estimate of drug-likeness (QED) is 0.890. The summed E-state index contributed by atoms with van der Waals surface area (Å²) in [5.41, 5.74) is 0.740. The molecule has 0 heterocycles. The lowest BCUT2D eigenvalue weighted by atomic mass is 10.2. The van der Waals surface area contributed by atoms with Crippen molar-refractivity contribution in [1.82, 2.24) is 4.90 Å². The molecule has 104 valence electrons. The van der Waals surface area contributed by atoms with Gasteiger partial charge < -0.3 is 15.3 Å². The summed E-state index contributed by atoms with van der Waals surface area (Å²) in [4.78, 5) is 24.1. The van der Waals surface area contributed by atoms with E-state index in [2.05, 4.69) is 5.32 Å². The van der Waals surface area contributed by atoms with E-state index < -0.39 is 12.0 Å². The maximum atomic E-state index is 12.0. The first-order valence-electron chi connectivity index (χ1n) is 6.00. The zero-order chi connectivity index (χ0) is 14.7. The molecule has 0 atom stereocenters. The normalized spacial score (nSPS) is 13.4. The molecule has 2 N–H and O–H groups in total. The molecule has 0 saturated heterocycles. The molecule has 0 aliphatic heterocycles.